The summed E-state index contributed by atoms with van der Waals surface area (Å²) in [5, 5.41) is 0. The van der Waals surface area contributed by atoms with Crippen LogP contribution in [0.25, 0.3) is 0 Å². The maximum atomic E-state index is 12.8. The molecule has 0 aromatic heterocycles. The van der Waals surface area contributed by atoms with Gasteiger partial charge in [0.2, 0.25) is 0 Å². The van der Waals surface area contributed by atoms with Crippen LogP contribution in [0.1, 0.15) is 110 Å². The number of quaternary nitrogens is 1. The first kappa shape index (κ1) is 41.7. The van der Waals surface area contributed by atoms with Crippen LogP contribution in [-0.4, -0.2) is 88.8 Å². The Morgan fingerprint density at radius 2 is 1.33 bits per heavy atom. The Kier molecular flexibility index (Phi) is 24.7. The molecule has 0 aromatic carbocycles. The molecule has 42 heavy (non-hydrogen) atoms. The zero-order valence-corrected chi connectivity index (χ0v) is 28.9. The van der Waals surface area contributed by atoms with Gasteiger partial charge in [0.15, 0.2) is 0 Å². The fraction of sp³-hybridized carbons (Fsp3) is 0.966. The Morgan fingerprint density at radius 3 is 1.90 bits per heavy atom. The third-order valence-corrected chi connectivity index (χ3v) is 9.21. The topological polar surface area (TPSA) is 141 Å². The summed E-state index contributed by atoms with van der Waals surface area (Å²) in [4.78, 5) is 33.8. The number of ether oxygens (including phenoxy) is 2. The van der Waals surface area contributed by atoms with Gasteiger partial charge in [0, 0.05) is 19.2 Å². The summed E-state index contributed by atoms with van der Waals surface area (Å²) in [6.07, 6.45) is 14.6. The zero-order chi connectivity index (χ0) is 31.7. The van der Waals surface area contributed by atoms with Crippen molar-refractivity contribution in [1.29, 1.82) is 0 Å². The second-order valence-electron chi connectivity index (χ2n) is 12.0. The summed E-state index contributed by atoms with van der Waals surface area (Å²) < 4.78 is 51.3. The number of carbonyl (C=O) groups is 1. The van der Waals surface area contributed by atoms with Crippen molar-refractivity contribution in [2.75, 3.05) is 67.4 Å². The minimum absolute atomic E-state index is 0.00707. The van der Waals surface area contributed by atoms with Gasteiger partial charge < -0.3 is 37.3 Å². The van der Waals surface area contributed by atoms with E-state index < -0.39 is 28.1 Å². The van der Waals surface area contributed by atoms with Gasteiger partial charge in [0.05, 0.1) is 41.5 Å². The Balaban J connectivity index is 4.53. The summed E-state index contributed by atoms with van der Waals surface area (Å²) in [5.41, 5.74) is 0. The van der Waals surface area contributed by atoms with E-state index in [1.54, 1.807) is 0 Å². The molecule has 3 atom stereocenters. The van der Waals surface area contributed by atoms with Crippen LogP contribution in [0, 0.1) is 0 Å². The molecule has 3 unspecified atom stereocenters. The Hall–Kier alpha value is -0.350. The molecular formula is C29H61NO10P2. The van der Waals surface area contributed by atoms with Crippen LogP contribution in [0.3, 0.4) is 0 Å². The van der Waals surface area contributed by atoms with Crippen molar-refractivity contribution in [3.8, 4) is 0 Å². The number of carbonyl (C=O) groups excluding carboxylic acids is 1. The molecule has 0 bridgehead atoms. The maximum Gasteiger partial charge on any atom is 0.328 e. The van der Waals surface area contributed by atoms with Crippen molar-refractivity contribution in [2.24, 2.45) is 0 Å². The maximum absolute atomic E-state index is 12.8. The van der Waals surface area contributed by atoms with Crippen LogP contribution in [0.2, 0.25) is 0 Å². The van der Waals surface area contributed by atoms with Gasteiger partial charge in [0.25, 0.3) is 7.82 Å². The Labute approximate surface area is 255 Å². The van der Waals surface area contributed by atoms with E-state index >= 15 is 0 Å². The van der Waals surface area contributed by atoms with Gasteiger partial charge in [-0.2, -0.15) is 0 Å². The van der Waals surface area contributed by atoms with Crippen molar-refractivity contribution in [1.82, 2.24) is 0 Å². The molecule has 0 heterocycles. The van der Waals surface area contributed by atoms with Gasteiger partial charge >= 0.3 is 13.6 Å². The van der Waals surface area contributed by atoms with Crippen molar-refractivity contribution in [2.45, 2.75) is 116 Å². The van der Waals surface area contributed by atoms with Crippen LogP contribution in [0.5, 0.6) is 0 Å². The monoisotopic (exact) mass is 645 g/mol. The minimum atomic E-state index is -4.61. The minimum Gasteiger partial charge on any atom is -0.756 e. The van der Waals surface area contributed by atoms with Gasteiger partial charge in [0.1, 0.15) is 19.3 Å². The normalized spacial score (nSPS) is 15.7. The molecule has 0 saturated carbocycles. The first-order valence-electron chi connectivity index (χ1n) is 15.9. The van der Waals surface area contributed by atoms with E-state index in [1.165, 1.54) is 32.8 Å². The highest BCUT2D eigenvalue weighted by Crippen LogP contribution is 2.45. The van der Waals surface area contributed by atoms with E-state index in [2.05, 4.69) is 11.7 Å². The van der Waals surface area contributed by atoms with Gasteiger partial charge in [-0.1, -0.05) is 84.0 Å². The molecule has 1 N–H and O–H groups in total. The van der Waals surface area contributed by atoms with Crippen LogP contribution in [-0.2, 0) is 37.0 Å². The van der Waals surface area contributed by atoms with Gasteiger partial charge in [-0.05, 0) is 19.3 Å². The molecule has 252 valence electrons. The SMILES string of the molecule is CCCCCCCCCCP(=O)(O)OC(COCCCCCCCCCC(=O)OC)COP(=O)([O-])OCC[N+](C)(C)C. The highest BCUT2D eigenvalue weighted by atomic mass is 31.2. The summed E-state index contributed by atoms with van der Waals surface area (Å²) >= 11 is 0. The lowest BCUT2D eigenvalue weighted by Crippen LogP contribution is -2.37. The molecule has 0 rings (SSSR count). The number of methoxy groups -OCH3 is 1. The molecule has 0 saturated heterocycles. The van der Waals surface area contributed by atoms with E-state index in [-0.39, 0.29) is 25.3 Å². The standard InChI is InChI=1S/C29H61NO10P2/c1-6-7-8-9-10-14-17-20-25-41(32,33)40-28(27-39-42(34,35)38-24-22-30(2,3)4)26-37-23-19-16-13-11-12-15-18-21-29(31)36-5/h28H,6-27H2,1-5H3,(H-,32,33,34,35). The van der Waals surface area contributed by atoms with Gasteiger partial charge in [-0.3, -0.25) is 13.9 Å². The van der Waals surface area contributed by atoms with Crippen molar-refractivity contribution >= 4 is 21.4 Å². The fourth-order valence-corrected chi connectivity index (χ4v) is 6.20. The number of nitrogens with zero attached hydrogens (tertiary/aromatic N) is 1. The molecule has 0 aliphatic carbocycles. The Morgan fingerprint density at radius 1 is 0.786 bits per heavy atom. The van der Waals surface area contributed by atoms with E-state index in [0.29, 0.717) is 30.5 Å². The number of likely N-dealkylation sites (N-methyl/N-ethyl adjacent to an activating group) is 1. The van der Waals surface area contributed by atoms with E-state index in [0.717, 1.165) is 64.2 Å². The zero-order valence-electron chi connectivity index (χ0n) is 27.1. The molecule has 11 nitrogen and oxygen atoms in total. The summed E-state index contributed by atoms with van der Waals surface area (Å²) in [6, 6.07) is 0. The molecule has 0 aromatic rings. The van der Waals surface area contributed by atoms with Gasteiger partial charge in [-0.25, -0.2) is 0 Å². The summed E-state index contributed by atoms with van der Waals surface area (Å²) in [6.45, 7) is 2.52. The van der Waals surface area contributed by atoms with Crippen LogP contribution in [0.4, 0.5) is 0 Å². The number of unbranched alkanes of at least 4 members (excludes halogenated alkanes) is 13. The van der Waals surface area contributed by atoms with Crippen molar-refractivity contribution in [3.63, 3.8) is 0 Å². The van der Waals surface area contributed by atoms with E-state index in [9.17, 15) is 23.7 Å². The lowest BCUT2D eigenvalue weighted by atomic mass is 10.1. The highest BCUT2D eigenvalue weighted by molar-refractivity contribution is 7.52. The predicted octanol–water partition coefficient (Wildman–Crippen LogP) is 6.22. The third kappa shape index (κ3) is 28.4. The fourth-order valence-electron chi connectivity index (χ4n) is 4.15. The molecule has 13 heteroatoms. The van der Waals surface area contributed by atoms with Crippen LogP contribution >= 0.6 is 15.4 Å². The first-order valence-corrected chi connectivity index (χ1v) is 19.1. The average Bonchev–Trinajstić information content (AvgIpc) is 2.90. The number of phosphoric ester groups is 1. The molecule has 0 radical (unpaired) electrons. The summed E-state index contributed by atoms with van der Waals surface area (Å²) in [5.74, 6) is -0.170. The molecule has 0 amide bonds. The molecule has 0 fully saturated rings. The second-order valence-corrected chi connectivity index (χ2v) is 15.4. The van der Waals surface area contributed by atoms with Crippen LogP contribution < -0.4 is 4.89 Å². The smallest absolute Gasteiger partial charge is 0.328 e. The summed E-state index contributed by atoms with van der Waals surface area (Å²) in [7, 11) is -1.41. The predicted molar refractivity (Wildman–Crippen MR) is 164 cm³/mol. The molecule has 0 aliphatic rings. The van der Waals surface area contributed by atoms with Crippen LogP contribution in [0.15, 0.2) is 0 Å². The second kappa shape index (κ2) is 24.9. The average molecular weight is 646 g/mol. The number of esters is 1. The van der Waals surface area contributed by atoms with Crippen molar-refractivity contribution < 1.29 is 51.2 Å². The first-order chi connectivity index (χ1) is 19.8. The van der Waals surface area contributed by atoms with Crippen molar-refractivity contribution in [3.05, 3.63) is 0 Å². The number of rotatable bonds is 30. The third-order valence-electron chi connectivity index (χ3n) is 6.74. The molecular weight excluding hydrogens is 584 g/mol. The number of hydrogen-bond acceptors (Lipinski definition) is 9. The number of phosphoric acid groups is 1. The lowest BCUT2D eigenvalue weighted by molar-refractivity contribution is -0.870. The lowest BCUT2D eigenvalue weighted by Gasteiger charge is -2.29. The molecule has 0 spiro atoms. The molecule has 0 aliphatic heterocycles. The highest BCUT2D eigenvalue weighted by Gasteiger charge is 2.26. The quantitative estimate of drug-likeness (QED) is 0.0415. The van der Waals surface area contributed by atoms with E-state index in [4.69, 9.17) is 18.3 Å². The van der Waals surface area contributed by atoms with E-state index in [1.807, 2.05) is 21.1 Å². The number of hydrogen-bond donors (Lipinski definition) is 1. The largest absolute Gasteiger partial charge is 0.756 e. The van der Waals surface area contributed by atoms with Gasteiger partial charge in [-0.15, -0.1) is 0 Å². The Bertz CT molecular complexity index is 763.